The van der Waals surface area contributed by atoms with Crippen LogP contribution in [0.2, 0.25) is 0 Å². The average molecular weight is 624 g/mol. The third kappa shape index (κ3) is 10.6. The first-order valence-corrected chi connectivity index (χ1v) is 12.6. The van der Waals surface area contributed by atoms with Crippen LogP contribution in [0.1, 0.15) is 27.1 Å². The maximum Gasteiger partial charge on any atom is 0.340 e. The average Bonchev–Trinajstić information content (AvgIpc) is 2.91. The lowest BCUT2D eigenvalue weighted by atomic mass is 9.95. The number of nitrogens with one attached hydrogen (secondary N) is 1. The molecule has 0 fully saturated rings. The molecule has 0 saturated heterocycles. The summed E-state index contributed by atoms with van der Waals surface area (Å²) in [6.45, 7) is 1.52. The number of benzene rings is 2. The Balaban J connectivity index is 0.00000441. The lowest BCUT2D eigenvalue weighted by molar-refractivity contribution is -0.117. The number of allylic oxidation sites excluding steroid dienone is 1. The molecule has 2 aromatic carbocycles. The predicted octanol–water partition coefficient (Wildman–Crippen LogP) is 3.74. The van der Waals surface area contributed by atoms with Crippen LogP contribution in [0.4, 0.5) is 11.4 Å². The van der Waals surface area contributed by atoms with Crippen LogP contribution in [-0.2, 0) is 14.3 Å². The first kappa shape index (κ1) is 36.3. The maximum absolute atomic E-state index is 12.6. The molecule has 14 heteroatoms. The molecule has 0 amide bonds. The number of hydrogen-bond donors (Lipinski definition) is 2. The predicted molar refractivity (Wildman–Crippen MR) is 164 cm³/mol. The number of ether oxygens (including phenoxy) is 2. The van der Waals surface area contributed by atoms with Crippen LogP contribution in [0.5, 0.6) is 0 Å². The van der Waals surface area contributed by atoms with Crippen molar-refractivity contribution in [1.29, 1.82) is 0 Å². The number of hydrazone groups is 1. The van der Waals surface area contributed by atoms with Crippen molar-refractivity contribution in [2.45, 2.75) is 12.1 Å². The second kappa shape index (κ2) is 17.3. The number of nitrogens with zero attached hydrogens (tertiary/aromatic N) is 5. The quantitative estimate of drug-likeness (QED) is 0.205. The summed E-state index contributed by atoms with van der Waals surface area (Å²) in [7, 11) is 7.47. The zero-order valence-electron chi connectivity index (χ0n) is 23.9. The van der Waals surface area contributed by atoms with Crippen molar-refractivity contribution in [3.05, 3.63) is 71.8 Å². The Morgan fingerprint density at radius 3 is 2.05 bits per heavy atom. The molecule has 0 aliphatic heterocycles. The number of azo groups is 1. The molecule has 0 aromatic heterocycles. The van der Waals surface area contributed by atoms with Crippen LogP contribution in [0.3, 0.4) is 0 Å². The van der Waals surface area contributed by atoms with Crippen molar-refractivity contribution in [3.63, 3.8) is 0 Å². The molecule has 1 unspecified atom stereocenters. The van der Waals surface area contributed by atoms with Crippen LogP contribution in [0, 0.1) is 0 Å². The molecule has 1 aliphatic carbocycles. The molecule has 0 bridgehead atoms. The Hall–Kier alpha value is -3.68. The van der Waals surface area contributed by atoms with E-state index in [-0.39, 0.29) is 66.3 Å². The van der Waals surface area contributed by atoms with Gasteiger partial charge in [0, 0.05) is 13.1 Å². The Morgan fingerprint density at radius 2 is 1.43 bits per heavy atom. The zero-order valence-corrected chi connectivity index (χ0v) is 25.5. The van der Waals surface area contributed by atoms with Gasteiger partial charge in [-0.15, -0.1) is 29.9 Å². The SMILES string of the molecule is CN(C)CCOC(=O)c1ccccc1N=NC1(O)CC(=O)C=CC1=NNc1ccccc1C(=O)OCCN(C)C.Cl.Cl. The van der Waals surface area contributed by atoms with Crippen LogP contribution in [0.15, 0.2) is 76.0 Å². The summed E-state index contributed by atoms with van der Waals surface area (Å²) in [5.41, 5.74) is 1.52. The molecule has 0 saturated carbocycles. The summed E-state index contributed by atoms with van der Waals surface area (Å²) >= 11 is 0. The van der Waals surface area contributed by atoms with E-state index >= 15 is 0 Å². The van der Waals surface area contributed by atoms with E-state index in [0.29, 0.717) is 18.8 Å². The van der Waals surface area contributed by atoms with Gasteiger partial charge >= 0.3 is 11.9 Å². The second-order valence-electron chi connectivity index (χ2n) is 9.54. The van der Waals surface area contributed by atoms with Crippen molar-refractivity contribution in [2.24, 2.45) is 15.3 Å². The number of likely N-dealkylation sites (N-methyl/N-ethyl adjacent to an activating group) is 2. The molecular weight excluding hydrogens is 587 g/mol. The Morgan fingerprint density at radius 1 is 0.881 bits per heavy atom. The topological polar surface area (TPSA) is 145 Å². The van der Waals surface area contributed by atoms with Crippen molar-refractivity contribution < 1.29 is 29.0 Å². The van der Waals surface area contributed by atoms with Crippen LogP contribution < -0.4 is 5.43 Å². The first-order chi connectivity index (χ1) is 19.1. The first-order valence-electron chi connectivity index (χ1n) is 12.6. The van der Waals surface area contributed by atoms with Gasteiger partial charge < -0.3 is 24.4 Å². The van der Waals surface area contributed by atoms with Crippen molar-refractivity contribution in [1.82, 2.24) is 9.80 Å². The van der Waals surface area contributed by atoms with Gasteiger partial charge in [0.25, 0.3) is 0 Å². The summed E-state index contributed by atoms with van der Waals surface area (Å²) in [4.78, 5) is 41.2. The fourth-order valence-corrected chi connectivity index (χ4v) is 3.46. The lowest BCUT2D eigenvalue weighted by Gasteiger charge is -2.24. The van der Waals surface area contributed by atoms with E-state index in [1.54, 1.807) is 42.5 Å². The van der Waals surface area contributed by atoms with Gasteiger partial charge in [-0.25, -0.2) is 9.59 Å². The molecule has 228 valence electrons. The van der Waals surface area contributed by atoms with E-state index in [0.717, 1.165) is 0 Å². The number of carbonyl (C=O) groups excluding carboxylic acids is 3. The van der Waals surface area contributed by atoms with Crippen LogP contribution >= 0.6 is 24.8 Å². The molecule has 0 radical (unpaired) electrons. The minimum absolute atomic E-state index is 0. The summed E-state index contributed by atoms with van der Waals surface area (Å²) < 4.78 is 10.6. The smallest absolute Gasteiger partial charge is 0.340 e. The number of rotatable bonds is 12. The molecule has 1 atom stereocenters. The number of carbonyl (C=O) groups is 3. The molecular formula is C28H36Cl2N6O6. The monoisotopic (exact) mass is 622 g/mol. The Labute approximate surface area is 257 Å². The number of aliphatic hydroxyl groups is 1. The number of anilines is 1. The Kier molecular flexibility index (Phi) is 15.0. The summed E-state index contributed by atoms with van der Waals surface area (Å²) in [5.74, 6) is -1.52. The van der Waals surface area contributed by atoms with Crippen molar-refractivity contribution >= 4 is 59.6 Å². The van der Waals surface area contributed by atoms with Crippen molar-refractivity contribution in [2.75, 3.05) is 59.9 Å². The van der Waals surface area contributed by atoms with E-state index in [4.69, 9.17) is 9.47 Å². The molecule has 12 nitrogen and oxygen atoms in total. The van der Waals surface area contributed by atoms with E-state index in [1.807, 2.05) is 38.0 Å². The molecule has 3 rings (SSSR count). The molecule has 0 spiro atoms. The zero-order chi connectivity index (χ0) is 29.1. The van der Waals surface area contributed by atoms with Crippen LogP contribution in [-0.4, -0.2) is 98.6 Å². The highest BCUT2D eigenvalue weighted by Crippen LogP contribution is 2.27. The van der Waals surface area contributed by atoms with E-state index in [1.165, 1.54) is 18.2 Å². The summed E-state index contributed by atoms with van der Waals surface area (Å²) in [5, 5.41) is 23.6. The number of halogens is 2. The van der Waals surface area contributed by atoms with Crippen molar-refractivity contribution in [3.8, 4) is 0 Å². The highest BCUT2D eigenvalue weighted by atomic mass is 35.5. The Bertz CT molecular complexity index is 1320. The van der Waals surface area contributed by atoms with E-state index < -0.39 is 24.1 Å². The van der Waals surface area contributed by atoms with Crippen LogP contribution in [0.25, 0.3) is 0 Å². The highest BCUT2D eigenvalue weighted by Gasteiger charge is 2.38. The molecule has 2 aromatic rings. The summed E-state index contributed by atoms with van der Waals surface area (Å²) in [6.07, 6.45) is 2.16. The van der Waals surface area contributed by atoms with E-state index in [2.05, 4.69) is 20.8 Å². The van der Waals surface area contributed by atoms with Gasteiger partial charge in [0.15, 0.2) is 5.78 Å². The fraction of sp³-hybridized carbons (Fsp3) is 0.357. The van der Waals surface area contributed by atoms with Gasteiger partial charge in [0.2, 0.25) is 5.72 Å². The summed E-state index contributed by atoms with van der Waals surface area (Å²) in [6, 6.07) is 13.0. The number of esters is 2. The molecule has 2 N–H and O–H groups in total. The van der Waals surface area contributed by atoms with Gasteiger partial charge in [0.1, 0.15) is 18.9 Å². The normalized spacial score (nSPS) is 17.2. The molecule has 42 heavy (non-hydrogen) atoms. The fourth-order valence-electron chi connectivity index (χ4n) is 3.46. The molecule has 1 aliphatic rings. The van der Waals surface area contributed by atoms with Gasteiger partial charge in [-0.2, -0.15) is 10.2 Å². The second-order valence-corrected chi connectivity index (χ2v) is 9.54. The van der Waals surface area contributed by atoms with E-state index in [9.17, 15) is 19.5 Å². The standard InChI is InChI=1S/C28H34N6O6.2ClH/c1-33(2)15-17-39-26(36)21-9-5-7-11-23(21)29-31-25-14-13-20(35)19-28(25,38)32-30-24-12-8-6-10-22(24)27(37)40-18-16-34(3)4;;/h5-14,29,38H,15-19H2,1-4H3;2*1H. The van der Waals surface area contributed by atoms with Gasteiger partial charge in [0.05, 0.1) is 28.9 Å². The lowest BCUT2D eigenvalue weighted by Crippen LogP contribution is -2.40. The number of hydrogen-bond acceptors (Lipinski definition) is 12. The third-order valence-corrected chi connectivity index (χ3v) is 5.69. The minimum Gasteiger partial charge on any atom is -0.461 e. The van der Waals surface area contributed by atoms with Gasteiger partial charge in [-0.05, 0) is 64.6 Å². The minimum atomic E-state index is -2.12. The highest BCUT2D eigenvalue weighted by molar-refractivity contribution is 6.12. The maximum atomic E-state index is 12.6. The largest absolute Gasteiger partial charge is 0.461 e. The number of para-hydroxylation sites is 1. The van der Waals surface area contributed by atoms with Gasteiger partial charge in [-0.1, -0.05) is 24.3 Å². The third-order valence-electron chi connectivity index (χ3n) is 5.69. The number of ketones is 1. The van der Waals surface area contributed by atoms with Gasteiger partial charge in [-0.3, -0.25) is 10.2 Å². The molecule has 0 heterocycles.